The van der Waals surface area contributed by atoms with E-state index in [0.717, 1.165) is 16.5 Å². The highest BCUT2D eigenvalue weighted by Crippen LogP contribution is 2.37. The van der Waals surface area contributed by atoms with Crippen LogP contribution >= 0.6 is 0 Å². The smallest absolute Gasteiger partial charge is 0.251 e. The molecule has 2 heterocycles. The Morgan fingerprint density at radius 1 is 1.16 bits per heavy atom. The molecule has 2 N–H and O–H groups in total. The number of fused-ring (bicyclic) bond motifs is 2. The van der Waals surface area contributed by atoms with Crippen LogP contribution in [0.2, 0.25) is 0 Å². The summed E-state index contributed by atoms with van der Waals surface area (Å²) in [6.07, 6.45) is 0. The van der Waals surface area contributed by atoms with Gasteiger partial charge in [0.05, 0.1) is 12.0 Å². The standard InChI is InChI=1S/C20H18N2O3/c1-20(2)15-8-7-13(10-16(15)22-19(20)24)18(23)21-11-14-9-12-5-3-4-6-17(12)25-14/h3-10H,11H2,1-2H3,(H,21,23)(H,22,24). The van der Waals surface area contributed by atoms with Crippen molar-refractivity contribution in [1.29, 1.82) is 0 Å². The monoisotopic (exact) mass is 334 g/mol. The zero-order valence-corrected chi connectivity index (χ0v) is 14.1. The van der Waals surface area contributed by atoms with Gasteiger partial charge >= 0.3 is 0 Å². The van der Waals surface area contributed by atoms with Crippen molar-refractivity contribution >= 4 is 28.5 Å². The van der Waals surface area contributed by atoms with Gasteiger partial charge < -0.3 is 15.1 Å². The zero-order valence-electron chi connectivity index (χ0n) is 14.1. The molecule has 0 aliphatic carbocycles. The molecule has 1 aliphatic heterocycles. The lowest BCUT2D eigenvalue weighted by Crippen LogP contribution is -2.26. The van der Waals surface area contributed by atoms with E-state index in [0.29, 0.717) is 23.6 Å². The predicted octanol–water partition coefficient (Wildman–Crippen LogP) is 3.59. The van der Waals surface area contributed by atoms with E-state index < -0.39 is 5.41 Å². The molecule has 2 aromatic carbocycles. The van der Waals surface area contributed by atoms with Crippen LogP contribution in [0, 0.1) is 0 Å². The second-order valence-corrected chi connectivity index (χ2v) is 6.77. The van der Waals surface area contributed by atoms with Gasteiger partial charge in [-0.3, -0.25) is 9.59 Å². The van der Waals surface area contributed by atoms with E-state index in [1.165, 1.54) is 0 Å². The van der Waals surface area contributed by atoms with Gasteiger partial charge in [0.2, 0.25) is 5.91 Å². The molecule has 1 aliphatic rings. The molecule has 0 saturated heterocycles. The Bertz CT molecular complexity index is 968. The summed E-state index contributed by atoms with van der Waals surface area (Å²) in [6, 6.07) is 14.9. The van der Waals surface area contributed by atoms with Gasteiger partial charge in [0.15, 0.2) is 0 Å². The molecule has 5 heteroatoms. The van der Waals surface area contributed by atoms with E-state index in [1.54, 1.807) is 12.1 Å². The first kappa shape index (κ1) is 15.4. The van der Waals surface area contributed by atoms with E-state index >= 15 is 0 Å². The number of nitrogens with one attached hydrogen (secondary N) is 2. The molecule has 1 aromatic heterocycles. The minimum Gasteiger partial charge on any atom is -0.459 e. The molecule has 0 fully saturated rings. The molecule has 3 aromatic rings. The molecule has 0 spiro atoms. The van der Waals surface area contributed by atoms with Gasteiger partial charge in [-0.1, -0.05) is 24.3 Å². The second kappa shape index (κ2) is 5.48. The first-order valence-corrected chi connectivity index (χ1v) is 8.17. The molecule has 2 amide bonds. The van der Waals surface area contributed by atoms with E-state index in [9.17, 15) is 9.59 Å². The van der Waals surface area contributed by atoms with Crippen molar-refractivity contribution in [3.63, 3.8) is 0 Å². The molecule has 4 rings (SSSR count). The number of para-hydroxylation sites is 1. The van der Waals surface area contributed by atoms with Crippen molar-refractivity contribution < 1.29 is 14.0 Å². The van der Waals surface area contributed by atoms with Gasteiger partial charge in [-0.25, -0.2) is 0 Å². The number of carbonyl (C=O) groups excluding carboxylic acids is 2. The summed E-state index contributed by atoms with van der Waals surface area (Å²) in [5.41, 5.74) is 2.35. The summed E-state index contributed by atoms with van der Waals surface area (Å²) < 4.78 is 5.70. The predicted molar refractivity (Wildman–Crippen MR) is 95.5 cm³/mol. The Hall–Kier alpha value is -3.08. The Balaban J connectivity index is 1.50. The summed E-state index contributed by atoms with van der Waals surface area (Å²) in [5, 5.41) is 6.70. The highest BCUT2D eigenvalue weighted by Gasteiger charge is 2.38. The van der Waals surface area contributed by atoms with Gasteiger partial charge in [0.25, 0.3) is 5.91 Å². The van der Waals surface area contributed by atoms with Crippen LogP contribution in [0.4, 0.5) is 5.69 Å². The van der Waals surface area contributed by atoms with Crippen LogP contribution in [-0.2, 0) is 16.8 Å². The molecule has 126 valence electrons. The molecular formula is C20H18N2O3. The average Bonchev–Trinajstić information content (AvgIpc) is 3.11. The first-order chi connectivity index (χ1) is 11.9. The van der Waals surface area contributed by atoms with Crippen molar-refractivity contribution in [2.75, 3.05) is 5.32 Å². The quantitative estimate of drug-likeness (QED) is 0.769. The number of rotatable bonds is 3. The van der Waals surface area contributed by atoms with Crippen molar-refractivity contribution in [2.45, 2.75) is 25.8 Å². The summed E-state index contributed by atoms with van der Waals surface area (Å²) in [7, 11) is 0. The largest absolute Gasteiger partial charge is 0.459 e. The number of furan rings is 1. The third kappa shape index (κ3) is 2.58. The van der Waals surface area contributed by atoms with Crippen LogP contribution in [0.3, 0.4) is 0 Å². The molecule has 0 atom stereocenters. The van der Waals surface area contributed by atoms with E-state index in [1.807, 2.05) is 50.2 Å². The van der Waals surface area contributed by atoms with E-state index in [4.69, 9.17) is 4.42 Å². The third-order valence-electron chi connectivity index (χ3n) is 4.67. The molecular weight excluding hydrogens is 316 g/mol. The van der Waals surface area contributed by atoms with Crippen LogP contribution in [0.15, 0.2) is 52.9 Å². The molecule has 25 heavy (non-hydrogen) atoms. The summed E-state index contributed by atoms with van der Waals surface area (Å²) in [5.74, 6) is 0.440. The van der Waals surface area contributed by atoms with Gasteiger partial charge in [0, 0.05) is 16.6 Å². The lowest BCUT2D eigenvalue weighted by Gasteiger charge is -2.14. The average molecular weight is 334 g/mol. The van der Waals surface area contributed by atoms with Crippen molar-refractivity contribution in [3.05, 3.63) is 65.4 Å². The van der Waals surface area contributed by atoms with E-state index in [2.05, 4.69) is 10.6 Å². The fraction of sp³-hybridized carbons (Fsp3) is 0.200. The van der Waals surface area contributed by atoms with Crippen LogP contribution in [0.5, 0.6) is 0 Å². The normalized spacial score (nSPS) is 15.0. The number of benzene rings is 2. The van der Waals surface area contributed by atoms with Crippen molar-refractivity contribution in [3.8, 4) is 0 Å². The van der Waals surface area contributed by atoms with Crippen LogP contribution in [0.25, 0.3) is 11.0 Å². The highest BCUT2D eigenvalue weighted by atomic mass is 16.3. The van der Waals surface area contributed by atoms with Gasteiger partial charge in [-0.05, 0) is 43.7 Å². The van der Waals surface area contributed by atoms with Gasteiger partial charge in [-0.15, -0.1) is 0 Å². The van der Waals surface area contributed by atoms with Gasteiger partial charge in [-0.2, -0.15) is 0 Å². The van der Waals surface area contributed by atoms with E-state index in [-0.39, 0.29) is 11.8 Å². The maximum absolute atomic E-state index is 12.4. The van der Waals surface area contributed by atoms with Crippen LogP contribution in [0.1, 0.15) is 35.5 Å². The number of carbonyl (C=O) groups is 2. The lowest BCUT2D eigenvalue weighted by molar-refractivity contribution is -0.119. The van der Waals surface area contributed by atoms with Crippen molar-refractivity contribution in [1.82, 2.24) is 5.32 Å². The van der Waals surface area contributed by atoms with Crippen molar-refractivity contribution in [2.24, 2.45) is 0 Å². The second-order valence-electron chi connectivity index (χ2n) is 6.77. The van der Waals surface area contributed by atoms with Crippen LogP contribution < -0.4 is 10.6 Å². The zero-order chi connectivity index (χ0) is 17.6. The number of anilines is 1. The van der Waals surface area contributed by atoms with Crippen LogP contribution in [-0.4, -0.2) is 11.8 Å². The Kier molecular flexibility index (Phi) is 3.39. The molecule has 5 nitrogen and oxygen atoms in total. The number of hydrogen-bond acceptors (Lipinski definition) is 3. The molecule has 0 bridgehead atoms. The third-order valence-corrected chi connectivity index (χ3v) is 4.67. The fourth-order valence-electron chi connectivity index (χ4n) is 3.13. The number of hydrogen-bond donors (Lipinski definition) is 2. The Labute approximate surface area is 145 Å². The lowest BCUT2D eigenvalue weighted by atomic mass is 9.86. The Morgan fingerprint density at radius 3 is 2.76 bits per heavy atom. The first-order valence-electron chi connectivity index (χ1n) is 8.17. The summed E-state index contributed by atoms with van der Waals surface area (Å²) in [6.45, 7) is 4.05. The topological polar surface area (TPSA) is 71.3 Å². The molecule has 0 unspecified atom stereocenters. The summed E-state index contributed by atoms with van der Waals surface area (Å²) >= 11 is 0. The SMILES string of the molecule is CC1(C)C(=O)Nc2cc(C(=O)NCc3cc4ccccc4o3)ccc21. The number of amides is 2. The maximum atomic E-state index is 12.4. The Morgan fingerprint density at radius 2 is 1.96 bits per heavy atom. The minimum absolute atomic E-state index is 0.0534. The highest BCUT2D eigenvalue weighted by molar-refractivity contribution is 6.07. The molecule has 0 radical (unpaired) electrons. The summed E-state index contributed by atoms with van der Waals surface area (Å²) in [4.78, 5) is 24.4. The van der Waals surface area contributed by atoms with Gasteiger partial charge in [0.1, 0.15) is 11.3 Å². The minimum atomic E-state index is -0.571. The fourth-order valence-corrected chi connectivity index (χ4v) is 3.13. The maximum Gasteiger partial charge on any atom is 0.251 e. The molecule has 0 saturated carbocycles.